The van der Waals surface area contributed by atoms with Gasteiger partial charge in [-0.3, -0.25) is 4.79 Å². The molecule has 0 aliphatic heterocycles. The van der Waals surface area contributed by atoms with Gasteiger partial charge in [-0.05, 0) is 29.9 Å². The maximum atomic E-state index is 11.2. The monoisotopic (exact) mass is 220 g/mol. The zero-order valence-electron chi connectivity index (χ0n) is 10.2. The van der Waals surface area contributed by atoms with Gasteiger partial charge in [-0.2, -0.15) is 0 Å². The van der Waals surface area contributed by atoms with Crippen LogP contribution in [0.15, 0.2) is 24.3 Å². The van der Waals surface area contributed by atoms with E-state index in [1.54, 1.807) is 0 Å². The Labute approximate surface area is 97.3 Å². The van der Waals surface area contributed by atoms with Crippen LogP contribution in [-0.2, 0) is 11.2 Å². The fraction of sp³-hybridized carbons (Fsp3) is 0.500. The molecule has 0 amide bonds. The molecule has 0 fully saturated rings. The highest BCUT2D eigenvalue weighted by Crippen LogP contribution is 2.24. The quantitative estimate of drug-likeness (QED) is 0.825. The molecule has 0 aromatic heterocycles. The second kappa shape index (κ2) is 5.69. The molecule has 1 atom stereocenters. The van der Waals surface area contributed by atoms with Gasteiger partial charge >= 0.3 is 5.97 Å². The summed E-state index contributed by atoms with van der Waals surface area (Å²) in [6.45, 7) is 6.20. The molecule has 1 unspecified atom stereocenters. The van der Waals surface area contributed by atoms with Crippen LogP contribution in [0.4, 0.5) is 0 Å². The summed E-state index contributed by atoms with van der Waals surface area (Å²) >= 11 is 0. The number of carbonyl (C=O) groups is 1. The maximum Gasteiger partial charge on any atom is 0.310 e. The lowest BCUT2D eigenvalue weighted by Crippen LogP contribution is -2.14. The highest BCUT2D eigenvalue weighted by atomic mass is 16.4. The Kier molecular flexibility index (Phi) is 4.53. The number of hydrogen-bond acceptors (Lipinski definition) is 1. The Morgan fingerprint density at radius 2 is 1.81 bits per heavy atom. The highest BCUT2D eigenvalue weighted by molar-refractivity contribution is 5.76. The summed E-state index contributed by atoms with van der Waals surface area (Å²) in [5, 5.41) is 9.20. The minimum atomic E-state index is -0.724. The number of benzene rings is 1. The first-order valence-corrected chi connectivity index (χ1v) is 5.86. The second-order valence-corrected chi connectivity index (χ2v) is 4.62. The average Bonchev–Trinajstić information content (AvgIpc) is 2.25. The van der Waals surface area contributed by atoms with Crippen molar-refractivity contribution in [2.75, 3.05) is 0 Å². The first-order valence-electron chi connectivity index (χ1n) is 5.86. The summed E-state index contributed by atoms with van der Waals surface area (Å²) in [5.74, 6) is -0.698. The molecule has 1 rings (SSSR count). The van der Waals surface area contributed by atoms with Crippen molar-refractivity contribution in [3.63, 3.8) is 0 Å². The fourth-order valence-electron chi connectivity index (χ4n) is 1.84. The lowest BCUT2D eigenvalue weighted by molar-refractivity contribution is -0.139. The van der Waals surface area contributed by atoms with Gasteiger partial charge in [0.25, 0.3) is 0 Å². The van der Waals surface area contributed by atoms with Crippen LogP contribution < -0.4 is 0 Å². The molecule has 1 aromatic rings. The van der Waals surface area contributed by atoms with Crippen molar-refractivity contribution in [3.05, 3.63) is 35.4 Å². The molecule has 0 saturated carbocycles. The van der Waals surface area contributed by atoms with E-state index < -0.39 is 5.97 Å². The van der Waals surface area contributed by atoms with Gasteiger partial charge in [-0.1, -0.05) is 45.0 Å². The molecule has 0 heterocycles. The number of carboxylic acids is 1. The Hall–Kier alpha value is -1.31. The third-order valence-corrected chi connectivity index (χ3v) is 2.80. The smallest absolute Gasteiger partial charge is 0.310 e. The van der Waals surface area contributed by atoms with Crippen LogP contribution in [0.2, 0.25) is 0 Å². The lowest BCUT2D eigenvalue weighted by Gasteiger charge is -2.15. The van der Waals surface area contributed by atoms with Gasteiger partial charge in [0, 0.05) is 0 Å². The summed E-state index contributed by atoms with van der Waals surface area (Å²) in [7, 11) is 0. The van der Waals surface area contributed by atoms with Crippen LogP contribution in [-0.4, -0.2) is 11.1 Å². The Morgan fingerprint density at radius 3 is 2.19 bits per heavy atom. The van der Waals surface area contributed by atoms with Crippen molar-refractivity contribution in [1.29, 1.82) is 0 Å². The minimum absolute atomic E-state index is 0.370. The third kappa shape index (κ3) is 3.37. The molecular formula is C14H20O2. The standard InChI is InChI=1S/C14H20O2/c1-4-11-5-7-12(8-6-11)13(14(15)16)9-10(2)3/h5-8,10,13H,4,9H2,1-3H3,(H,15,16). The molecule has 0 aliphatic rings. The third-order valence-electron chi connectivity index (χ3n) is 2.80. The molecule has 2 heteroatoms. The number of carboxylic acid groups (broad SMARTS) is 1. The van der Waals surface area contributed by atoms with E-state index in [-0.39, 0.29) is 5.92 Å². The number of aliphatic carboxylic acids is 1. The van der Waals surface area contributed by atoms with Crippen molar-refractivity contribution in [2.24, 2.45) is 5.92 Å². The van der Waals surface area contributed by atoms with Crippen LogP contribution in [0.3, 0.4) is 0 Å². The average molecular weight is 220 g/mol. The Bertz CT molecular complexity index is 338. The van der Waals surface area contributed by atoms with Crippen LogP contribution in [0, 0.1) is 5.92 Å². The Balaban J connectivity index is 2.88. The number of aryl methyl sites for hydroxylation is 1. The maximum absolute atomic E-state index is 11.2. The zero-order valence-corrected chi connectivity index (χ0v) is 10.2. The molecule has 0 radical (unpaired) electrons. The highest BCUT2D eigenvalue weighted by Gasteiger charge is 2.20. The Morgan fingerprint density at radius 1 is 1.25 bits per heavy atom. The van der Waals surface area contributed by atoms with Gasteiger partial charge in [0.2, 0.25) is 0 Å². The first kappa shape index (κ1) is 12.8. The summed E-state index contributed by atoms with van der Waals surface area (Å²) < 4.78 is 0. The van der Waals surface area contributed by atoms with E-state index in [4.69, 9.17) is 0 Å². The molecule has 2 nitrogen and oxygen atoms in total. The van der Waals surface area contributed by atoms with Crippen molar-refractivity contribution < 1.29 is 9.90 Å². The van der Waals surface area contributed by atoms with Crippen molar-refractivity contribution >= 4 is 5.97 Å². The van der Waals surface area contributed by atoms with E-state index >= 15 is 0 Å². The molecule has 16 heavy (non-hydrogen) atoms. The van der Waals surface area contributed by atoms with Gasteiger partial charge in [-0.15, -0.1) is 0 Å². The van der Waals surface area contributed by atoms with Crippen LogP contribution in [0.5, 0.6) is 0 Å². The minimum Gasteiger partial charge on any atom is -0.481 e. The van der Waals surface area contributed by atoms with E-state index in [0.29, 0.717) is 12.3 Å². The SMILES string of the molecule is CCc1ccc(C(CC(C)C)C(=O)O)cc1. The molecule has 1 aromatic carbocycles. The summed E-state index contributed by atoms with van der Waals surface area (Å²) in [4.78, 5) is 11.2. The predicted molar refractivity (Wildman–Crippen MR) is 65.7 cm³/mol. The van der Waals surface area contributed by atoms with Crippen LogP contribution in [0.1, 0.15) is 44.2 Å². The van der Waals surface area contributed by atoms with Gasteiger partial charge in [0.1, 0.15) is 0 Å². The molecule has 88 valence electrons. The second-order valence-electron chi connectivity index (χ2n) is 4.62. The normalized spacial score (nSPS) is 12.8. The molecule has 0 bridgehead atoms. The summed E-state index contributed by atoms with van der Waals surface area (Å²) in [6.07, 6.45) is 1.68. The van der Waals surface area contributed by atoms with E-state index in [9.17, 15) is 9.90 Å². The van der Waals surface area contributed by atoms with Gasteiger partial charge < -0.3 is 5.11 Å². The van der Waals surface area contributed by atoms with E-state index in [1.165, 1.54) is 5.56 Å². The van der Waals surface area contributed by atoms with Gasteiger partial charge in [0.05, 0.1) is 5.92 Å². The number of hydrogen-bond donors (Lipinski definition) is 1. The molecule has 0 saturated heterocycles. The van der Waals surface area contributed by atoms with E-state index in [1.807, 2.05) is 24.3 Å². The van der Waals surface area contributed by atoms with E-state index in [0.717, 1.165) is 12.0 Å². The number of rotatable bonds is 5. The molecule has 0 spiro atoms. The van der Waals surface area contributed by atoms with Gasteiger partial charge in [-0.25, -0.2) is 0 Å². The molecule has 1 N–H and O–H groups in total. The van der Waals surface area contributed by atoms with Crippen molar-refractivity contribution in [3.8, 4) is 0 Å². The fourth-order valence-corrected chi connectivity index (χ4v) is 1.84. The zero-order chi connectivity index (χ0) is 12.1. The molecule has 0 aliphatic carbocycles. The van der Waals surface area contributed by atoms with Crippen molar-refractivity contribution in [1.82, 2.24) is 0 Å². The summed E-state index contributed by atoms with van der Waals surface area (Å²) in [6, 6.07) is 7.93. The van der Waals surface area contributed by atoms with Crippen LogP contribution in [0.25, 0.3) is 0 Å². The van der Waals surface area contributed by atoms with Crippen molar-refractivity contribution in [2.45, 2.75) is 39.5 Å². The molecular weight excluding hydrogens is 200 g/mol. The predicted octanol–water partition coefficient (Wildman–Crippen LogP) is 3.46. The largest absolute Gasteiger partial charge is 0.481 e. The van der Waals surface area contributed by atoms with Crippen LogP contribution >= 0.6 is 0 Å². The lowest BCUT2D eigenvalue weighted by atomic mass is 9.90. The first-order chi connectivity index (χ1) is 7.54. The van der Waals surface area contributed by atoms with Gasteiger partial charge in [0.15, 0.2) is 0 Å². The summed E-state index contributed by atoms with van der Waals surface area (Å²) in [5.41, 5.74) is 2.16. The van der Waals surface area contributed by atoms with E-state index in [2.05, 4.69) is 20.8 Å². The topological polar surface area (TPSA) is 37.3 Å².